The number of hydrogen-bond acceptors (Lipinski definition) is 3. The molecule has 1 aliphatic rings. The average Bonchev–Trinajstić information content (AvgIpc) is 2.65. The Labute approximate surface area is 138 Å². The summed E-state index contributed by atoms with van der Waals surface area (Å²) in [5.74, 6) is -0.828. The van der Waals surface area contributed by atoms with E-state index in [1.54, 1.807) is 27.7 Å². The largest absolute Gasteiger partial charge is 0.492 e. The molecule has 24 heavy (non-hydrogen) atoms. The van der Waals surface area contributed by atoms with Gasteiger partial charge < -0.3 is 14.4 Å². The normalized spacial score (nSPS) is 20.5. The molecule has 0 aromatic heterocycles. The fourth-order valence-corrected chi connectivity index (χ4v) is 2.21. The van der Waals surface area contributed by atoms with Crippen molar-refractivity contribution in [3.05, 3.63) is 40.6 Å². The van der Waals surface area contributed by atoms with Crippen molar-refractivity contribution in [3.63, 3.8) is 0 Å². The molecule has 1 heterocycles. The second kappa shape index (κ2) is 6.17. The summed E-state index contributed by atoms with van der Waals surface area (Å²) in [6.07, 6.45) is -3.45. The number of aliphatic hydroxyl groups excluding tert-OH is 1. The van der Waals surface area contributed by atoms with E-state index in [0.717, 1.165) is 12.1 Å². The van der Waals surface area contributed by atoms with Crippen LogP contribution in [-0.4, -0.2) is 30.0 Å². The standard InChI is InChI=1S/C16H19BF4O3/c1-14(2)15(3,4)24-17(23-14)12(9-22)8-10-7-11(16(19,20)21)5-6-13(10)18/h5-8,22H,9H2,1-4H3. The Bertz CT molecular complexity index is 637. The van der Waals surface area contributed by atoms with Gasteiger partial charge in [-0.15, -0.1) is 0 Å². The van der Waals surface area contributed by atoms with E-state index in [2.05, 4.69) is 0 Å². The third kappa shape index (κ3) is 3.65. The second-order valence-electron chi connectivity index (χ2n) is 6.70. The summed E-state index contributed by atoms with van der Waals surface area (Å²) in [5, 5.41) is 9.54. The van der Waals surface area contributed by atoms with Gasteiger partial charge in [0.25, 0.3) is 0 Å². The number of aliphatic hydroxyl groups is 1. The van der Waals surface area contributed by atoms with E-state index in [1.807, 2.05) is 0 Å². The molecule has 132 valence electrons. The van der Waals surface area contributed by atoms with E-state index < -0.39 is 42.5 Å². The van der Waals surface area contributed by atoms with Crippen molar-refractivity contribution in [2.24, 2.45) is 0 Å². The van der Waals surface area contributed by atoms with Gasteiger partial charge in [0.15, 0.2) is 0 Å². The van der Waals surface area contributed by atoms with Crippen LogP contribution in [0.1, 0.15) is 38.8 Å². The maximum atomic E-state index is 13.9. The van der Waals surface area contributed by atoms with Crippen LogP contribution < -0.4 is 0 Å². The third-order valence-corrected chi connectivity index (χ3v) is 4.40. The molecule has 0 unspecified atom stereocenters. The Morgan fingerprint density at radius 1 is 1.17 bits per heavy atom. The summed E-state index contributed by atoms with van der Waals surface area (Å²) in [4.78, 5) is 0. The van der Waals surface area contributed by atoms with Crippen LogP contribution in [0, 0.1) is 5.82 Å². The fourth-order valence-electron chi connectivity index (χ4n) is 2.21. The highest BCUT2D eigenvalue weighted by Gasteiger charge is 2.52. The molecule has 1 aliphatic heterocycles. The molecule has 8 heteroatoms. The molecule has 2 rings (SSSR count). The Hall–Kier alpha value is -1.38. The van der Waals surface area contributed by atoms with Gasteiger partial charge in [0.1, 0.15) is 5.82 Å². The summed E-state index contributed by atoms with van der Waals surface area (Å²) in [6, 6.07) is 2.10. The molecule has 1 N–H and O–H groups in total. The van der Waals surface area contributed by atoms with Gasteiger partial charge in [0.2, 0.25) is 0 Å². The topological polar surface area (TPSA) is 38.7 Å². The molecule has 0 amide bonds. The predicted molar refractivity (Wildman–Crippen MR) is 82.5 cm³/mol. The number of rotatable bonds is 3. The first-order valence-corrected chi connectivity index (χ1v) is 7.41. The number of alkyl halides is 3. The zero-order valence-electron chi connectivity index (χ0n) is 13.9. The molecule has 1 aromatic rings. The van der Waals surface area contributed by atoms with Crippen molar-refractivity contribution in [1.29, 1.82) is 0 Å². The van der Waals surface area contributed by atoms with Gasteiger partial charge >= 0.3 is 13.3 Å². The summed E-state index contributed by atoms with van der Waals surface area (Å²) >= 11 is 0. The summed E-state index contributed by atoms with van der Waals surface area (Å²) < 4.78 is 63.7. The Morgan fingerprint density at radius 2 is 1.71 bits per heavy atom. The lowest BCUT2D eigenvalue weighted by Gasteiger charge is -2.32. The van der Waals surface area contributed by atoms with Gasteiger partial charge in [-0.25, -0.2) is 4.39 Å². The van der Waals surface area contributed by atoms with Crippen molar-refractivity contribution in [2.75, 3.05) is 6.61 Å². The van der Waals surface area contributed by atoms with Gasteiger partial charge in [0, 0.05) is 5.56 Å². The van der Waals surface area contributed by atoms with Crippen LogP contribution in [0.3, 0.4) is 0 Å². The highest BCUT2D eigenvalue weighted by Crippen LogP contribution is 2.39. The smallest absolute Gasteiger partial charge is 0.400 e. The lowest BCUT2D eigenvalue weighted by Crippen LogP contribution is -2.41. The van der Waals surface area contributed by atoms with Crippen LogP contribution in [0.4, 0.5) is 17.6 Å². The molecule has 3 nitrogen and oxygen atoms in total. The maximum absolute atomic E-state index is 13.9. The Balaban J connectivity index is 2.39. The minimum Gasteiger partial charge on any atom is -0.400 e. The van der Waals surface area contributed by atoms with Gasteiger partial charge in [-0.2, -0.15) is 13.2 Å². The van der Waals surface area contributed by atoms with E-state index in [-0.39, 0.29) is 11.0 Å². The van der Waals surface area contributed by atoms with E-state index >= 15 is 0 Å². The van der Waals surface area contributed by atoms with Gasteiger partial charge in [-0.3, -0.25) is 0 Å². The molecule has 0 radical (unpaired) electrons. The highest BCUT2D eigenvalue weighted by molar-refractivity contribution is 6.55. The van der Waals surface area contributed by atoms with Crippen molar-refractivity contribution in [2.45, 2.75) is 45.1 Å². The maximum Gasteiger partial charge on any atom is 0.492 e. The summed E-state index contributed by atoms with van der Waals surface area (Å²) in [7, 11) is -0.964. The van der Waals surface area contributed by atoms with Crippen LogP contribution in [0.2, 0.25) is 0 Å². The average molecular weight is 346 g/mol. The summed E-state index contributed by atoms with van der Waals surface area (Å²) in [5.41, 5.74) is -2.48. The van der Waals surface area contributed by atoms with Crippen molar-refractivity contribution in [1.82, 2.24) is 0 Å². The van der Waals surface area contributed by atoms with Crippen LogP contribution >= 0.6 is 0 Å². The fraction of sp³-hybridized carbons (Fsp3) is 0.500. The predicted octanol–water partition coefficient (Wildman–Crippen LogP) is 3.85. The third-order valence-electron chi connectivity index (χ3n) is 4.40. The first kappa shape index (κ1) is 19.0. The van der Waals surface area contributed by atoms with E-state index in [4.69, 9.17) is 9.31 Å². The molecule has 0 spiro atoms. The molecule has 0 aliphatic carbocycles. The number of benzene rings is 1. The Morgan fingerprint density at radius 3 is 2.17 bits per heavy atom. The van der Waals surface area contributed by atoms with Crippen molar-refractivity contribution in [3.8, 4) is 0 Å². The quantitative estimate of drug-likeness (QED) is 0.667. The lowest BCUT2D eigenvalue weighted by atomic mass is 9.77. The number of halogens is 4. The van der Waals surface area contributed by atoms with E-state index in [9.17, 15) is 22.7 Å². The molecule has 1 aromatic carbocycles. The van der Waals surface area contributed by atoms with Gasteiger partial charge in [0.05, 0.1) is 23.4 Å². The molecule has 0 atom stereocenters. The lowest BCUT2D eigenvalue weighted by molar-refractivity contribution is -0.137. The van der Waals surface area contributed by atoms with Crippen LogP contribution in [-0.2, 0) is 15.5 Å². The highest BCUT2D eigenvalue weighted by atomic mass is 19.4. The van der Waals surface area contributed by atoms with E-state index in [0.29, 0.717) is 12.1 Å². The van der Waals surface area contributed by atoms with Crippen molar-refractivity contribution < 1.29 is 32.0 Å². The monoisotopic (exact) mass is 346 g/mol. The minimum absolute atomic E-state index is 0.145. The van der Waals surface area contributed by atoms with Crippen LogP contribution in [0.15, 0.2) is 23.7 Å². The second-order valence-corrected chi connectivity index (χ2v) is 6.70. The first-order chi connectivity index (χ1) is 10.9. The molecular weight excluding hydrogens is 327 g/mol. The van der Waals surface area contributed by atoms with Crippen molar-refractivity contribution >= 4 is 13.2 Å². The van der Waals surface area contributed by atoms with Crippen LogP contribution in [0.25, 0.3) is 6.08 Å². The van der Waals surface area contributed by atoms with Gasteiger partial charge in [-0.05, 0) is 51.4 Å². The number of hydrogen-bond donors (Lipinski definition) is 1. The zero-order valence-corrected chi connectivity index (χ0v) is 13.9. The van der Waals surface area contributed by atoms with Crippen LogP contribution in [0.5, 0.6) is 0 Å². The minimum atomic E-state index is -4.58. The molecule has 1 fully saturated rings. The molecular formula is C16H19BF4O3. The van der Waals surface area contributed by atoms with E-state index in [1.165, 1.54) is 0 Å². The summed E-state index contributed by atoms with van der Waals surface area (Å²) in [6.45, 7) is 6.66. The first-order valence-electron chi connectivity index (χ1n) is 7.41. The molecule has 0 bridgehead atoms. The Kier molecular flexibility index (Phi) is 4.87. The SMILES string of the molecule is CC1(C)OB(C(=Cc2cc(C(F)(F)F)ccc2F)CO)OC1(C)C. The molecule has 0 saturated carbocycles. The zero-order chi connectivity index (χ0) is 18.3. The van der Waals surface area contributed by atoms with Gasteiger partial charge in [-0.1, -0.05) is 6.08 Å². The molecule has 1 saturated heterocycles.